The highest BCUT2D eigenvalue weighted by atomic mass is 14.9. The first-order valence-electron chi connectivity index (χ1n) is 6.90. The van der Waals surface area contributed by atoms with E-state index in [1.54, 1.807) is 0 Å². The van der Waals surface area contributed by atoms with E-state index in [9.17, 15) is 0 Å². The van der Waals surface area contributed by atoms with Gasteiger partial charge < -0.3 is 5.32 Å². The van der Waals surface area contributed by atoms with Crippen molar-refractivity contribution < 1.29 is 0 Å². The van der Waals surface area contributed by atoms with E-state index < -0.39 is 0 Å². The van der Waals surface area contributed by atoms with Gasteiger partial charge in [0.15, 0.2) is 0 Å². The third-order valence-electron chi connectivity index (χ3n) is 3.76. The van der Waals surface area contributed by atoms with Crippen LogP contribution < -0.4 is 5.32 Å². The Bertz CT molecular complexity index is 537. The number of nitrogens with one attached hydrogen (secondary N) is 1. The average molecular weight is 253 g/mol. The maximum atomic E-state index is 3.47. The van der Waals surface area contributed by atoms with Crippen LogP contribution in [0.15, 0.2) is 42.5 Å². The average Bonchev–Trinajstić information content (AvgIpc) is 2.37. The van der Waals surface area contributed by atoms with Crippen LogP contribution in [0.4, 0.5) is 0 Å². The van der Waals surface area contributed by atoms with Crippen molar-refractivity contribution in [2.75, 3.05) is 7.05 Å². The summed E-state index contributed by atoms with van der Waals surface area (Å²) in [5, 5.41) is 3.47. The lowest BCUT2D eigenvalue weighted by molar-refractivity contribution is 0.585. The minimum Gasteiger partial charge on any atom is -0.313 e. The molecule has 0 amide bonds. The zero-order chi connectivity index (χ0) is 13.8. The fourth-order valence-corrected chi connectivity index (χ4v) is 2.80. The van der Waals surface area contributed by atoms with Gasteiger partial charge in [-0.1, -0.05) is 48.0 Å². The summed E-state index contributed by atoms with van der Waals surface area (Å²) in [5.41, 5.74) is 6.89. The van der Waals surface area contributed by atoms with Crippen molar-refractivity contribution in [3.63, 3.8) is 0 Å². The van der Waals surface area contributed by atoms with Crippen molar-refractivity contribution in [1.29, 1.82) is 0 Å². The SMILES string of the molecule is CNC(Cc1cccc(C)c1)c1c(C)cccc1C. The number of aryl methyl sites for hydroxylation is 3. The fourth-order valence-electron chi connectivity index (χ4n) is 2.80. The van der Waals surface area contributed by atoms with Crippen LogP contribution in [0.25, 0.3) is 0 Å². The fraction of sp³-hybridized carbons (Fsp3) is 0.333. The van der Waals surface area contributed by atoms with E-state index in [-0.39, 0.29) is 0 Å². The first-order valence-corrected chi connectivity index (χ1v) is 6.90. The zero-order valence-electron chi connectivity index (χ0n) is 12.3. The van der Waals surface area contributed by atoms with Crippen LogP contribution in [0.5, 0.6) is 0 Å². The predicted octanol–water partition coefficient (Wildman–Crippen LogP) is 4.12. The van der Waals surface area contributed by atoms with Crippen LogP contribution in [0.3, 0.4) is 0 Å². The molecule has 1 N–H and O–H groups in total. The number of rotatable bonds is 4. The Labute approximate surface area is 116 Å². The molecule has 1 unspecified atom stereocenters. The molecule has 0 saturated heterocycles. The molecular weight excluding hydrogens is 230 g/mol. The Morgan fingerprint density at radius 2 is 1.58 bits per heavy atom. The summed E-state index contributed by atoms with van der Waals surface area (Å²) in [6.07, 6.45) is 1.03. The van der Waals surface area contributed by atoms with Crippen LogP contribution in [0.2, 0.25) is 0 Å². The van der Waals surface area contributed by atoms with Crippen molar-refractivity contribution in [3.8, 4) is 0 Å². The second kappa shape index (κ2) is 6.03. The molecular formula is C18H23N. The zero-order valence-corrected chi connectivity index (χ0v) is 12.3. The molecule has 0 aliphatic carbocycles. The lowest BCUT2D eigenvalue weighted by Gasteiger charge is -2.21. The second-order valence-corrected chi connectivity index (χ2v) is 5.34. The van der Waals surface area contributed by atoms with Crippen molar-refractivity contribution >= 4 is 0 Å². The highest BCUT2D eigenvalue weighted by molar-refractivity contribution is 5.37. The van der Waals surface area contributed by atoms with E-state index in [0.717, 1.165) is 6.42 Å². The van der Waals surface area contributed by atoms with Gasteiger partial charge in [-0.2, -0.15) is 0 Å². The number of benzene rings is 2. The quantitative estimate of drug-likeness (QED) is 0.864. The van der Waals surface area contributed by atoms with Crippen LogP contribution in [-0.4, -0.2) is 7.05 Å². The molecule has 0 spiro atoms. The Morgan fingerprint density at radius 3 is 2.16 bits per heavy atom. The molecule has 0 aliphatic rings. The monoisotopic (exact) mass is 253 g/mol. The molecule has 19 heavy (non-hydrogen) atoms. The van der Waals surface area contributed by atoms with Gasteiger partial charge in [0.2, 0.25) is 0 Å². The molecule has 0 radical (unpaired) electrons. The lowest BCUT2D eigenvalue weighted by Crippen LogP contribution is -2.21. The van der Waals surface area contributed by atoms with Gasteiger partial charge in [-0.25, -0.2) is 0 Å². The van der Waals surface area contributed by atoms with Gasteiger partial charge in [0, 0.05) is 6.04 Å². The summed E-state index contributed by atoms with van der Waals surface area (Å²) in [5.74, 6) is 0. The van der Waals surface area contributed by atoms with E-state index in [0.29, 0.717) is 6.04 Å². The molecule has 2 aromatic carbocycles. The number of likely N-dealkylation sites (N-methyl/N-ethyl adjacent to an activating group) is 1. The third-order valence-corrected chi connectivity index (χ3v) is 3.76. The van der Waals surface area contributed by atoms with Gasteiger partial charge in [0.25, 0.3) is 0 Å². The molecule has 0 heterocycles. The smallest absolute Gasteiger partial charge is 0.0363 e. The Kier molecular flexibility index (Phi) is 4.39. The summed E-state index contributed by atoms with van der Waals surface area (Å²) in [4.78, 5) is 0. The van der Waals surface area contributed by atoms with E-state index in [1.807, 2.05) is 7.05 Å². The second-order valence-electron chi connectivity index (χ2n) is 5.34. The van der Waals surface area contributed by atoms with Crippen molar-refractivity contribution in [3.05, 3.63) is 70.3 Å². The topological polar surface area (TPSA) is 12.0 Å². The summed E-state index contributed by atoms with van der Waals surface area (Å²) >= 11 is 0. The minimum atomic E-state index is 0.378. The molecule has 0 bridgehead atoms. The molecule has 0 fully saturated rings. The highest BCUT2D eigenvalue weighted by Gasteiger charge is 2.14. The van der Waals surface area contributed by atoms with E-state index in [1.165, 1.54) is 27.8 Å². The molecule has 1 atom stereocenters. The molecule has 2 rings (SSSR count). The third kappa shape index (κ3) is 3.24. The van der Waals surface area contributed by atoms with Gasteiger partial charge in [-0.15, -0.1) is 0 Å². The first-order chi connectivity index (χ1) is 9.11. The van der Waals surface area contributed by atoms with Gasteiger partial charge in [0.1, 0.15) is 0 Å². The minimum absolute atomic E-state index is 0.378. The van der Waals surface area contributed by atoms with Crippen molar-refractivity contribution in [2.24, 2.45) is 0 Å². The molecule has 2 aromatic rings. The van der Waals surface area contributed by atoms with Gasteiger partial charge in [-0.05, 0) is 56.5 Å². The predicted molar refractivity (Wildman–Crippen MR) is 82.6 cm³/mol. The van der Waals surface area contributed by atoms with Crippen LogP contribution >= 0.6 is 0 Å². The summed E-state index contributed by atoms with van der Waals surface area (Å²) in [6, 6.07) is 15.7. The molecule has 0 aliphatic heterocycles. The Morgan fingerprint density at radius 1 is 0.947 bits per heavy atom. The van der Waals surface area contributed by atoms with Crippen LogP contribution in [0.1, 0.15) is 33.9 Å². The van der Waals surface area contributed by atoms with E-state index in [2.05, 4.69) is 68.6 Å². The Hall–Kier alpha value is -1.60. The molecule has 0 aromatic heterocycles. The van der Waals surface area contributed by atoms with E-state index >= 15 is 0 Å². The maximum Gasteiger partial charge on any atom is 0.0363 e. The standard InChI is InChI=1S/C18H23N/c1-13-7-5-10-16(11-13)12-17(19-4)18-14(2)8-6-9-15(18)3/h5-11,17,19H,12H2,1-4H3. The molecule has 0 saturated carbocycles. The van der Waals surface area contributed by atoms with Crippen molar-refractivity contribution in [2.45, 2.75) is 33.2 Å². The molecule has 100 valence electrons. The summed E-state index contributed by atoms with van der Waals surface area (Å²) < 4.78 is 0. The van der Waals surface area contributed by atoms with Gasteiger partial charge in [0.05, 0.1) is 0 Å². The van der Waals surface area contributed by atoms with Crippen LogP contribution in [0, 0.1) is 20.8 Å². The first kappa shape index (κ1) is 13.8. The number of hydrogen-bond acceptors (Lipinski definition) is 1. The maximum absolute atomic E-state index is 3.47. The van der Waals surface area contributed by atoms with Gasteiger partial charge in [-0.3, -0.25) is 0 Å². The largest absolute Gasteiger partial charge is 0.313 e. The van der Waals surface area contributed by atoms with Crippen LogP contribution in [-0.2, 0) is 6.42 Å². The molecule has 1 heteroatoms. The molecule has 1 nitrogen and oxygen atoms in total. The summed E-state index contributed by atoms with van der Waals surface area (Å²) in [7, 11) is 2.05. The Balaban J connectivity index is 2.30. The van der Waals surface area contributed by atoms with Crippen molar-refractivity contribution in [1.82, 2.24) is 5.32 Å². The van der Waals surface area contributed by atoms with E-state index in [4.69, 9.17) is 0 Å². The lowest BCUT2D eigenvalue weighted by atomic mass is 9.91. The normalized spacial score (nSPS) is 12.4. The highest BCUT2D eigenvalue weighted by Crippen LogP contribution is 2.25. The van der Waals surface area contributed by atoms with Gasteiger partial charge >= 0.3 is 0 Å². The summed E-state index contributed by atoms with van der Waals surface area (Å²) in [6.45, 7) is 6.54. The number of hydrogen-bond donors (Lipinski definition) is 1.